The van der Waals surface area contributed by atoms with Gasteiger partial charge in [-0.25, -0.2) is 4.79 Å². The second kappa shape index (κ2) is 11.4. The molecule has 2 aromatic carbocycles. The fourth-order valence-electron chi connectivity index (χ4n) is 3.94. The second-order valence-electron chi connectivity index (χ2n) is 8.46. The number of carbonyl (C=O) groups is 1. The van der Waals surface area contributed by atoms with Gasteiger partial charge < -0.3 is 9.84 Å². The van der Waals surface area contributed by atoms with Crippen LogP contribution in [0.15, 0.2) is 48.0 Å². The summed E-state index contributed by atoms with van der Waals surface area (Å²) in [7, 11) is 0. The molecular weight excluding hydrogens is 447 g/mol. The molecule has 0 heterocycles. The lowest BCUT2D eigenvalue weighted by molar-refractivity contribution is -0.145. The van der Waals surface area contributed by atoms with Crippen LogP contribution in [0.25, 0.3) is 5.70 Å². The average Bonchev–Trinajstić information content (AvgIpc) is 2.81. The SMILES string of the molecule is CCC(Oc1ccc(C(NOCc2ccc(C(F)(F)F)cc2)=C2CCCCC2)cc1C)C(=O)O. The molecule has 0 saturated heterocycles. The van der Waals surface area contributed by atoms with E-state index in [2.05, 4.69) is 5.48 Å². The lowest BCUT2D eigenvalue weighted by Crippen LogP contribution is -2.26. The number of alkyl halides is 3. The molecule has 1 unspecified atom stereocenters. The van der Waals surface area contributed by atoms with E-state index in [1.54, 1.807) is 13.0 Å². The van der Waals surface area contributed by atoms with Crippen molar-refractivity contribution in [2.75, 3.05) is 0 Å². The molecule has 0 aliphatic heterocycles. The molecule has 1 saturated carbocycles. The molecule has 34 heavy (non-hydrogen) atoms. The number of allylic oxidation sites excluding steroid dienone is 1. The summed E-state index contributed by atoms with van der Waals surface area (Å²) < 4.78 is 44.0. The van der Waals surface area contributed by atoms with E-state index in [0.717, 1.165) is 54.6 Å². The fourth-order valence-corrected chi connectivity index (χ4v) is 3.94. The van der Waals surface area contributed by atoms with Gasteiger partial charge in [0.2, 0.25) is 0 Å². The molecule has 5 nitrogen and oxygen atoms in total. The van der Waals surface area contributed by atoms with Crippen molar-refractivity contribution in [1.29, 1.82) is 0 Å². The minimum Gasteiger partial charge on any atom is -0.479 e. The van der Waals surface area contributed by atoms with Crippen molar-refractivity contribution in [1.82, 2.24) is 5.48 Å². The van der Waals surface area contributed by atoms with Crippen LogP contribution in [0.3, 0.4) is 0 Å². The number of halogens is 3. The molecule has 0 radical (unpaired) electrons. The van der Waals surface area contributed by atoms with Gasteiger partial charge in [0.1, 0.15) is 5.75 Å². The van der Waals surface area contributed by atoms with Gasteiger partial charge in [-0.3, -0.25) is 10.3 Å². The van der Waals surface area contributed by atoms with Crippen molar-refractivity contribution in [3.05, 3.63) is 70.3 Å². The zero-order valence-corrected chi connectivity index (χ0v) is 19.4. The highest BCUT2D eigenvalue weighted by atomic mass is 19.4. The molecule has 0 bridgehead atoms. The Kier molecular flexibility index (Phi) is 8.61. The zero-order chi connectivity index (χ0) is 24.7. The van der Waals surface area contributed by atoms with Gasteiger partial charge in [-0.1, -0.05) is 25.5 Å². The molecule has 3 rings (SSSR count). The van der Waals surface area contributed by atoms with Gasteiger partial charge in [0.05, 0.1) is 17.9 Å². The van der Waals surface area contributed by atoms with Crippen LogP contribution >= 0.6 is 0 Å². The minimum absolute atomic E-state index is 0.103. The van der Waals surface area contributed by atoms with Crippen LogP contribution in [-0.4, -0.2) is 17.2 Å². The Hall–Kier alpha value is -3.00. The maximum absolute atomic E-state index is 12.8. The smallest absolute Gasteiger partial charge is 0.416 e. The van der Waals surface area contributed by atoms with E-state index < -0.39 is 23.8 Å². The largest absolute Gasteiger partial charge is 0.479 e. The van der Waals surface area contributed by atoms with Gasteiger partial charge in [-0.15, -0.1) is 0 Å². The van der Waals surface area contributed by atoms with E-state index in [4.69, 9.17) is 9.57 Å². The van der Waals surface area contributed by atoms with Crippen LogP contribution < -0.4 is 10.2 Å². The Balaban J connectivity index is 1.75. The van der Waals surface area contributed by atoms with Crippen LogP contribution in [0, 0.1) is 6.92 Å². The molecule has 1 fully saturated rings. The lowest BCUT2D eigenvalue weighted by Gasteiger charge is -2.22. The molecule has 0 aromatic heterocycles. The summed E-state index contributed by atoms with van der Waals surface area (Å²) in [6.45, 7) is 3.72. The van der Waals surface area contributed by atoms with Gasteiger partial charge in [0, 0.05) is 5.56 Å². The number of carboxylic acids is 1. The van der Waals surface area contributed by atoms with Crippen LogP contribution in [0.4, 0.5) is 13.2 Å². The number of ether oxygens (including phenoxy) is 1. The minimum atomic E-state index is -4.37. The Morgan fingerprint density at radius 3 is 2.32 bits per heavy atom. The first-order chi connectivity index (χ1) is 16.2. The van der Waals surface area contributed by atoms with Gasteiger partial charge in [-0.05, 0) is 86.1 Å². The predicted octanol–water partition coefficient (Wildman–Crippen LogP) is 6.65. The van der Waals surface area contributed by atoms with Crippen molar-refractivity contribution in [3.63, 3.8) is 0 Å². The number of carboxylic acid groups (broad SMARTS) is 1. The summed E-state index contributed by atoms with van der Waals surface area (Å²) >= 11 is 0. The number of rotatable bonds is 9. The van der Waals surface area contributed by atoms with Crippen LogP contribution in [0.5, 0.6) is 5.75 Å². The number of aryl methyl sites for hydroxylation is 1. The molecule has 2 N–H and O–H groups in total. The summed E-state index contributed by atoms with van der Waals surface area (Å²) in [6, 6.07) is 10.4. The third-order valence-electron chi connectivity index (χ3n) is 5.88. The highest BCUT2D eigenvalue weighted by molar-refractivity contribution is 5.73. The molecule has 2 aromatic rings. The topological polar surface area (TPSA) is 67.8 Å². The van der Waals surface area contributed by atoms with Crippen molar-refractivity contribution in [2.24, 2.45) is 0 Å². The summed E-state index contributed by atoms with van der Waals surface area (Å²) in [5.41, 5.74) is 6.72. The third kappa shape index (κ3) is 6.76. The number of benzene rings is 2. The van der Waals surface area contributed by atoms with Crippen molar-refractivity contribution in [3.8, 4) is 5.75 Å². The average molecular weight is 478 g/mol. The maximum atomic E-state index is 12.8. The van der Waals surface area contributed by atoms with E-state index in [9.17, 15) is 23.1 Å². The van der Waals surface area contributed by atoms with E-state index in [0.29, 0.717) is 17.7 Å². The Labute approximate surface area is 197 Å². The molecule has 8 heteroatoms. The van der Waals surface area contributed by atoms with Crippen molar-refractivity contribution in [2.45, 2.75) is 71.3 Å². The van der Waals surface area contributed by atoms with Gasteiger partial charge in [0.25, 0.3) is 0 Å². The lowest BCUT2D eigenvalue weighted by atomic mass is 9.91. The van der Waals surface area contributed by atoms with E-state index in [-0.39, 0.29) is 6.61 Å². The highest BCUT2D eigenvalue weighted by Gasteiger charge is 2.30. The second-order valence-corrected chi connectivity index (χ2v) is 8.46. The van der Waals surface area contributed by atoms with Crippen LogP contribution in [0.1, 0.15) is 67.7 Å². The summed E-state index contributed by atoms with van der Waals surface area (Å²) in [6.07, 6.45) is 0.262. The first-order valence-electron chi connectivity index (χ1n) is 11.5. The fraction of sp³-hybridized carbons (Fsp3) is 0.423. The molecule has 184 valence electrons. The molecular formula is C26H30F3NO4. The van der Waals surface area contributed by atoms with E-state index >= 15 is 0 Å². The Morgan fingerprint density at radius 2 is 1.76 bits per heavy atom. The number of aliphatic carboxylic acids is 1. The van der Waals surface area contributed by atoms with Crippen molar-refractivity contribution >= 4 is 11.7 Å². The first-order valence-corrected chi connectivity index (χ1v) is 11.5. The Morgan fingerprint density at radius 1 is 1.09 bits per heavy atom. The standard InChI is InChI=1S/C26H30F3NO4/c1-3-22(25(31)32)34-23-14-11-20(15-17(23)2)24(19-7-5-4-6-8-19)30-33-16-18-9-12-21(13-10-18)26(27,28)29/h9-15,22,30H,3-8,16H2,1-2H3,(H,31,32). The molecule has 1 aliphatic rings. The summed E-state index contributed by atoms with van der Waals surface area (Å²) in [5, 5.41) is 9.27. The van der Waals surface area contributed by atoms with Gasteiger partial charge in [-0.2, -0.15) is 13.2 Å². The predicted molar refractivity (Wildman–Crippen MR) is 123 cm³/mol. The molecule has 1 atom stereocenters. The molecule has 0 amide bonds. The number of hydrogen-bond donors (Lipinski definition) is 2. The van der Waals surface area contributed by atoms with Crippen LogP contribution in [-0.2, 0) is 22.4 Å². The normalized spacial score (nSPS) is 15.0. The summed E-state index contributed by atoms with van der Waals surface area (Å²) in [4.78, 5) is 17.0. The third-order valence-corrected chi connectivity index (χ3v) is 5.88. The van der Waals surface area contributed by atoms with E-state index in [1.807, 2.05) is 19.1 Å². The van der Waals surface area contributed by atoms with E-state index in [1.165, 1.54) is 24.1 Å². The summed E-state index contributed by atoms with van der Waals surface area (Å²) in [5.74, 6) is -0.494. The highest BCUT2D eigenvalue weighted by Crippen LogP contribution is 2.32. The zero-order valence-electron chi connectivity index (χ0n) is 19.4. The number of hydroxylamine groups is 1. The molecule has 0 spiro atoms. The first kappa shape index (κ1) is 25.6. The monoisotopic (exact) mass is 477 g/mol. The molecule has 1 aliphatic carbocycles. The number of nitrogens with one attached hydrogen (secondary N) is 1. The van der Waals surface area contributed by atoms with Gasteiger partial charge in [0.15, 0.2) is 6.10 Å². The Bertz CT molecular complexity index is 1010. The maximum Gasteiger partial charge on any atom is 0.416 e. The van der Waals surface area contributed by atoms with Crippen LogP contribution in [0.2, 0.25) is 0 Å². The number of hydrogen-bond acceptors (Lipinski definition) is 4. The van der Waals surface area contributed by atoms with Crippen molar-refractivity contribution < 1.29 is 32.6 Å². The van der Waals surface area contributed by atoms with Gasteiger partial charge >= 0.3 is 12.1 Å². The quantitative estimate of drug-likeness (QED) is 0.396.